The van der Waals surface area contributed by atoms with E-state index in [0.717, 1.165) is 12.7 Å². The van der Waals surface area contributed by atoms with E-state index in [2.05, 4.69) is 72.8 Å². The average molecular weight is 310 g/mol. The Morgan fingerprint density at radius 3 is 1.54 bits per heavy atom. The molecule has 0 aromatic heterocycles. The van der Waals surface area contributed by atoms with Crippen LogP contribution in [0.15, 0.2) is 72.8 Å². The SMILES string of the molecule is O=CCCC12c3ccccc3C(c3ccccc31)c1ccccc12. The highest BCUT2D eigenvalue weighted by molar-refractivity contribution is 5.72. The van der Waals surface area contributed by atoms with Gasteiger partial charge in [0.15, 0.2) is 0 Å². The highest BCUT2D eigenvalue weighted by Crippen LogP contribution is 2.60. The van der Waals surface area contributed by atoms with Gasteiger partial charge in [-0.3, -0.25) is 0 Å². The van der Waals surface area contributed by atoms with Gasteiger partial charge in [-0.15, -0.1) is 0 Å². The molecule has 24 heavy (non-hydrogen) atoms. The van der Waals surface area contributed by atoms with Crippen molar-refractivity contribution in [2.45, 2.75) is 24.2 Å². The van der Waals surface area contributed by atoms with Gasteiger partial charge in [-0.2, -0.15) is 0 Å². The first-order valence-corrected chi connectivity index (χ1v) is 8.60. The van der Waals surface area contributed by atoms with E-state index in [0.29, 0.717) is 12.3 Å². The smallest absolute Gasteiger partial charge is 0.120 e. The summed E-state index contributed by atoms with van der Waals surface area (Å²) in [5, 5.41) is 0. The first-order chi connectivity index (χ1) is 11.9. The molecule has 3 aromatic rings. The summed E-state index contributed by atoms with van der Waals surface area (Å²) in [6.45, 7) is 0. The summed E-state index contributed by atoms with van der Waals surface area (Å²) in [5.41, 5.74) is 8.17. The van der Waals surface area contributed by atoms with Gasteiger partial charge in [0.25, 0.3) is 0 Å². The molecular weight excluding hydrogens is 292 g/mol. The molecule has 0 atom stereocenters. The minimum atomic E-state index is -0.195. The number of hydrogen-bond donors (Lipinski definition) is 0. The van der Waals surface area contributed by atoms with Gasteiger partial charge in [-0.25, -0.2) is 0 Å². The average Bonchev–Trinajstić information content (AvgIpc) is 2.66. The second kappa shape index (κ2) is 4.91. The van der Waals surface area contributed by atoms with Crippen molar-refractivity contribution in [3.63, 3.8) is 0 Å². The van der Waals surface area contributed by atoms with E-state index in [4.69, 9.17) is 0 Å². The number of hydrogen-bond acceptors (Lipinski definition) is 1. The normalized spacial score (nSPS) is 22.4. The number of aldehydes is 1. The first kappa shape index (κ1) is 13.7. The van der Waals surface area contributed by atoms with Gasteiger partial charge in [0, 0.05) is 17.8 Å². The molecule has 0 unspecified atom stereocenters. The number of carbonyl (C=O) groups excluding carboxylic acids is 1. The Labute approximate surface area is 142 Å². The summed E-state index contributed by atoms with van der Waals surface area (Å²) in [4.78, 5) is 11.3. The lowest BCUT2D eigenvalue weighted by atomic mass is 9.52. The van der Waals surface area contributed by atoms with Gasteiger partial charge in [-0.1, -0.05) is 72.8 Å². The van der Waals surface area contributed by atoms with E-state index < -0.39 is 0 Å². The molecule has 0 N–H and O–H groups in total. The maximum Gasteiger partial charge on any atom is 0.120 e. The number of carbonyl (C=O) groups is 1. The molecule has 0 amide bonds. The summed E-state index contributed by atoms with van der Waals surface area (Å²) in [5.74, 6) is 0.312. The van der Waals surface area contributed by atoms with Crippen LogP contribution < -0.4 is 0 Å². The third-order valence-corrected chi connectivity index (χ3v) is 5.83. The van der Waals surface area contributed by atoms with Gasteiger partial charge >= 0.3 is 0 Å². The Morgan fingerprint density at radius 2 is 1.12 bits per heavy atom. The predicted octanol–water partition coefficient (Wildman–Crippen LogP) is 4.81. The monoisotopic (exact) mass is 310 g/mol. The van der Waals surface area contributed by atoms with Crippen molar-refractivity contribution in [3.05, 3.63) is 106 Å². The molecule has 1 heteroatoms. The van der Waals surface area contributed by atoms with E-state index in [1.54, 1.807) is 0 Å². The van der Waals surface area contributed by atoms with Crippen molar-refractivity contribution in [2.24, 2.45) is 0 Å². The zero-order valence-electron chi connectivity index (χ0n) is 13.4. The van der Waals surface area contributed by atoms with Crippen molar-refractivity contribution in [1.82, 2.24) is 0 Å². The number of benzene rings is 3. The van der Waals surface area contributed by atoms with E-state index in [9.17, 15) is 4.79 Å². The Balaban J connectivity index is 1.94. The van der Waals surface area contributed by atoms with E-state index in [1.165, 1.54) is 33.4 Å². The van der Waals surface area contributed by atoms with Gasteiger partial charge in [-0.05, 0) is 39.8 Å². The van der Waals surface area contributed by atoms with E-state index in [-0.39, 0.29) is 5.41 Å². The van der Waals surface area contributed by atoms with Crippen LogP contribution in [-0.4, -0.2) is 6.29 Å². The molecule has 6 rings (SSSR count). The predicted molar refractivity (Wildman–Crippen MR) is 95.5 cm³/mol. The molecule has 0 radical (unpaired) electrons. The molecule has 3 aliphatic carbocycles. The zero-order chi connectivity index (χ0) is 16.1. The molecule has 0 fully saturated rings. The summed E-state index contributed by atoms with van der Waals surface area (Å²) >= 11 is 0. The molecule has 116 valence electrons. The van der Waals surface area contributed by atoms with Crippen molar-refractivity contribution in [3.8, 4) is 0 Å². The van der Waals surface area contributed by atoms with Crippen LogP contribution in [0.1, 0.15) is 52.1 Å². The van der Waals surface area contributed by atoms with Crippen LogP contribution in [0.3, 0.4) is 0 Å². The molecule has 0 heterocycles. The third-order valence-electron chi connectivity index (χ3n) is 5.83. The molecule has 1 nitrogen and oxygen atoms in total. The highest BCUT2D eigenvalue weighted by atomic mass is 16.1. The highest BCUT2D eigenvalue weighted by Gasteiger charge is 2.50. The van der Waals surface area contributed by atoms with Gasteiger partial charge in [0.1, 0.15) is 6.29 Å². The molecule has 3 aromatic carbocycles. The minimum absolute atomic E-state index is 0.195. The molecular formula is C23H18O. The molecule has 0 saturated heterocycles. The van der Waals surface area contributed by atoms with Crippen LogP contribution in [0, 0.1) is 0 Å². The van der Waals surface area contributed by atoms with Crippen molar-refractivity contribution < 1.29 is 4.79 Å². The quantitative estimate of drug-likeness (QED) is 0.635. The summed E-state index contributed by atoms with van der Waals surface area (Å²) in [7, 11) is 0. The van der Waals surface area contributed by atoms with Crippen LogP contribution in [0.5, 0.6) is 0 Å². The topological polar surface area (TPSA) is 17.1 Å². The fraction of sp³-hybridized carbons (Fsp3) is 0.174. The van der Waals surface area contributed by atoms with Crippen molar-refractivity contribution in [2.75, 3.05) is 0 Å². The fourth-order valence-corrected chi connectivity index (χ4v) is 5.03. The van der Waals surface area contributed by atoms with Crippen molar-refractivity contribution in [1.29, 1.82) is 0 Å². The molecule has 2 bridgehead atoms. The largest absolute Gasteiger partial charge is 0.303 e. The second-order valence-electron chi connectivity index (χ2n) is 6.81. The summed E-state index contributed by atoms with van der Waals surface area (Å²) in [6.07, 6.45) is 2.46. The second-order valence-corrected chi connectivity index (χ2v) is 6.81. The fourth-order valence-electron chi connectivity index (χ4n) is 5.03. The maximum atomic E-state index is 11.3. The molecule has 3 aliphatic rings. The van der Waals surface area contributed by atoms with E-state index >= 15 is 0 Å². The van der Waals surface area contributed by atoms with E-state index in [1.807, 2.05) is 0 Å². The lowest BCUT2D eigenvalue weighted by Gasteiger charge is -2.50. The summed E-state index contributed by atoms with van der Waals surface area (Å²) < 4.78 is 0. The molecule has 0 aliphatic heterocycles. The first-order valence-electron chi connectivity index (χ1n) is 8.60. The minimum Gasteiger partial charge on any atom is -0.303 e. The lowest BCUT2D eigenvalue weighted by Crippen LogP contribution is -2.42. The zero-order valence-corrected chi connectivity index (χ0v) is 13.4. The maximum absolute atomic E-state index is 11.3. The molecule has 0 saturated carbocycles. The van der Waals surface area contributed by atoms with Gasteiger partial charge in [0.2, 0.25) is 0 Å². The van der Waals surface area contributed by atoms with Crippen LogP contribution in [0.4, 0.5) is 0 Å². The third kappa shape index (κ3) is 1.52. The number of rotatable bonds is 3. The standard InChI is InChI=1S/C23H18O/c24-15-7-14-23-19-11-4-1-8-16(19)22(17-9-2-5-12-20(17)23)18-10-3-6-13-21(18)23/h1-6,8-13,15,22H,7,14H2. The Kier molecular flexibility index (Phi) is 2.81. The van der Waals surface area contributed by atoms with Crippen molar-refractivity contribution >= 4 is 6.29 Å². The molecule has 0 spiro atoms. The lowest BCUT2D eigenvalue weighted by molar-refractivity contribution is -0.108. The Bertz CT molecular complexity index is 838. The van der Waals surface area contributed by atoms with Crippen LogP contribution in [-0.2, 0) is 10.2 Å². The van der Waals surface area contributed by atoms with Gasteiger partial charge in [0.05, 0.1) is 0 Å². The van der Waals surface area contributed by atoms with Crippen LogP contribution in [0.25, 0.3) is 0 Å². The Hall–Kier alpha value is -2.67. The summed E-state index contributed by atoms with van der Waals surface area (Å²) in [6, 6.07) is 26.4. The van der Waals surface area contributed by atoms with Crippen LogP contribution in [0.2, 0.25) is 0 Å². The van der Waals surface area contributed by atoms with Gasteiger partial charge < -0.3 is 4.79 Å². The Morgan fingerprint density at radius 1 is 0.708 bits per heavy atom. The van der Waals surface area contributed by atoms with Crippen LogP contribution >= 0.6 is 0 Å².